The van der Waals surface area contributed by atoms with Gasteiger partial charge in [-0.05, 0) is 37.5 Å². The zero-order valence-corrected chi connectivity index (χ0v) is 56.7. The number of ether oxygens (including phenoxy) is 4. The standard InChI is InChI=1S/C66H128O17P2/c1-7-10-12-14-16-17-18-19-20-21-25-31-37-43-49-64(69)77-55-62(82-65(70)50-44-38-32-26-23-22-24-30-35-41-47-59(6)9-3)57-81-85(74,75)79-53-60(67)52-78-84(72,73)80-56-61(54-76-63(68)48-42-36-28-15-13-11-8-2)83-66(71)51-45-39-33-27-29-34-40-46-58(4)5/h58-62,67H,7-57H2,1-6H3,(H,72,73)(H,74,75)/t59?,60-,61+,62+/m0/s1. The molecule has 0 fully saturated rings. The summed E-state index contributed by atoms with van der Waals surface area (Å²) >= 11 is 0. The first-order valence-corrected chi connectivity index (χ1v) is 37.5. The molecule has 0 spiro atoms. The van der Waals surface area contributed by atoms with Crippen LogP contribution in [0.25, 0.3) is 0 Å². The van der Waals surface area contributed by atoms with Crippen molar-refractivity contribution in [1.82, 2.24) is 0 Å². The van der Waals surface area contributed by atoms with Crippen LogP contribution in [-0.2, 0) is 65.4 Å². The van der Waals surface area contributed by atoms with E-state index in [1.165, 1.54) is 135 Å². The number of unbranched alkanes of at least 4 members (excludes halogenated alkanes) is 34. The predicted octanol–water partition coefficient (Wildman–Crippen LogP) is 18.4. The van der Waals surface area contributed by atoms with Crippen molar-refractivity contribution in [2.75, 3.05) is 39.6 Å². The molecule has 0 rings (SSSR count). The summed E-state index contributed by atoms with van der Waals surface area (Å²) in [6.07, 6.45) is 41.8. The van der Waals surface area contributed by atoms with E-state index < -0.39 is 97.5 Å². The van der Waals surface area contributed by atoms with Crippen LogP contribution in [0.15, 0.2) is 0 Å². The first-order chi connectivity index (χ1) is 40.9. The Balaban J connectivity index is 5.22. The fourth-order valence-electron chi connectivity index (χ4n) is 9.85. The first kappa shape index (κ1) is 83.1. The van der Waals surface area contributed by atoms with E-state index >= 15 is 0 Å². The number of phosphoric acid groups is 2. The highest BCUT2D eigenvalue weighted by Crippen LogP contribution is 2.45. The molecule has 0 amide bonds. The van der Waals surface area contributed by atoms with Gasteiger partial charge in [0.2, 0.25) is 0 Å². The molecule has 85 heavy (non-hydrogen) atoms. The smallest absolute Gasteiger partial charge is 0.462 e. The van der Waals surface area contributed by atoms with Gasteiger partial charge in [0.25, 0.3) is 0 Å². The number of rotatable bonds is 65. The van der Waals surface area contributed by atoms with Gasteiger partial charge in [0.1, 0.15) is 19.3 Å². The van der Waals surface area contributed by atoms with Gasteiger partial charge < -0.3 is 33.8 Å². The second kappa shape index (κ2) is 58.4. The van der Waals surface area contributed by atoms with Crippen molar-refractivity contribution >= 4 is 39.5 Å². The zero-order chi connectivity index (χ0) is 62.9. The van der Waals surface area contributed by atoms with E-state index in [0.717, 1.165) is 109 Å². The SMILES string of the molecule is CCCCCCCCCCCCCCCCC(=O)OC[C@H](COP(=O)(O)OC[C@@H](O)COP(=O)(O)OC[C@@H](COC(=O)CCCCCCCCC)OC(=O)CCCCCCCCCC(C)C)OC(=O)CCCCCCCCCCCCC(C)CC. The molecule has 0 saturated carbocycles. The summed E-state index contributed by atoms with van der Waals surface area (Å²) in [5, 5.41) is 10.5. The molecule has 0 bridgehead atoms. The Morgan fingerprint density at radius 1 is 0.341 bits per heavy atom. The highest BCUT2D eigenvalue weighted by molar-refractivity contribution is 7.47. The molecule has 0 radical (unpaired) electrons. The average molecular weight is 1260 g/mol. The molecule has 0 aromatic heterocycles. The van der Waals surface area contributed by atoms with E-state index in [1.807, 2.05) is 0 Å². The summed E-state index contributed by atoms with van der Waals surface area (Å²) in [6, 6.07) is 0. The molecule has 0 heterocycles. The summed E-state index contributed by atoms with van der Waals surface area (Å²) in [6.45, 7) is 9.44. The third-order valence-electron chi connectivity index (χ3n) is 15.6. The number of carbonyl (C=O) groups is 4. The molecule has 504 valence electrons. The topological polar surface area (TPSA) is 237 Å². The number of carbonyl (C=O) groups excluding carboxylic acids is 4. The van der Waals surface area contributed by atoms with Crippen molar-refractivity contribution in [3.05, 3.63) is 0 Å². The van der Waals surface area contributed by atoms with Crippen molar-refractivity contribution < 1.29 is 80.2 Å². The van der Waals surface area contributed by atoms with Gasteiger partial charge >= 0.3 is 39.5 Å². The maximum Gasteiger partial charge on any atom is 0.472 e. The average Bonchev–Trinajstić information content (AvgIpc) is 3.51. The van der Waals surface area contributed by atoms with Crippen LogP contribution < -0.4 is 0 Å². The van der Waals surface area contributed by atoms with E-state index in [4.69, 9.17) is 37.0 Å². The van der Waals surface area contributed by atoms with Gasteiger partial charge in [-0.15, -0.1) is 0 Å². The number of hydrogen-bond donors (Lipinski definition) is 3. The van der Waals surface area contributed by atoms with E-state index in [1.54, 1.807) is 0 Å². The maximum absolute atomic E-state index is 13.0. The van der Waals surface area contributed by atoms with Gasteiger partial charge in [-0.1, -0.05) is 279 Å². The van der Waals surface area contributed by atoms with Crippen LogP contribution >= 0.6 is 15.6 Å². The number of aliphatic hydroxyl groups is 1. The van der Waals surface area contributed by atoms with Crippen LogP contribution in [0, 0.1) is 11.8 Å². The summed E-state index contributed by atoms with van der Waals surface area (Å²) in [7, 11) is -9.89. The Morgan fingerprint density at radius 3 is 0.894 bits per heavy atom. The number of aliphatic hydroxyl groups excluding tert-OH is 1. The Bertz CT molecular complexity index is 1670. The minimum Gasteiger partial charge on any atom is -0.462 e. The van der Waals surface area contributed by atoms with Crippen molar-refractivity contribution in [2.45, 2.75) is 349 Å². The lowest BCUT2D eigenvalue weighted by Gasteiger charge is -2.21. The van der Waals surface area contributed by atoms with E-state index in [-0.39, 0.29) is 25.7 Å². The molecular formula is C66H128O17P2. The van der Waals surface area contributed by atoms with Crippen molar-refractivity contribution in [3.8, 4) is 0 Å². The Morgan fingerprint density at radius 2 is 0.600 bits per heavy atom. The minimum absolute atomic E-state index is 0.103. The Hall–Kier alpha value is -1.94. The van der Waals surface area contributed by atoms with Gasteiger partial charge in [-0.25, -0.2) is 9.13 Å². The fraction of sp³-hybridized carbons (Fsp3) is 0.939. The van der Waals surface area contributed by atoms with Crippen LogP contribution in [0.4, 0.5) is 0 Å². The van der Waals surface area contributed by atoms with Crippen LogP contribution in [0.2, 0.25) is 0 Å². The highest BCUT2D eigenvalue weighted by Gasteiger charge is 2.30. The van der Waals surface area contributed by atoms with Crippen LogP contribution in [0.1, 0.15) is 330 Å². The maximum atomic E-state index is 13.0. The van der Waals surface area contributed by atoms with Gasteiger partial charge in [0.05, 0.1) is 26.4 Å². The lowest BCUT2D eigenvalue weighted by atomic mass is 9.99. The molecule has 17 nitrogen and oxygen atoms in total. The fourth-order valence-corrected chi connectivity index (χ4v) is 11.4. The minimum atomic E-state index is -4.95. The van der Waals surface area contributed by atoms with Crippen LogP contribution in [0.5, 0.6) is 0 Å². The molecule has 0 aromatic rings. The quantitative estimate of drug-likeness (QED) is 0.0222. The highest BCUT2D eigenvalue weighted by atomic mass is 31.2. The molecule has 6 atom stereocenters. The second-order valence-corrected chi connectivity index (χ2v) is 27.5. The summed E-state index contributed by atoms with van der Waals surface area (Å²) in [5.41, 5.74) is 0. The third-order valence-corrected chi connectivity index (χ3v) is 17.5. The van der Waals surface area contributed by atoms with E-state index in [0.29, 0.717) is 31.6 Å². The van der Waals surface area contributed by atoms with Gasteiger partial charge in [0, 0.05) is 25.7 Å². The molecule has 0 aliphatic carbocycles. The normalized spacial score (nSPS) is 14.6. The summed E-state index contributed by atoms with van der Waals surface area (Å²) in [4.78, 5) is 72.2. The molecule has 0 aliphatic rings. The Kier molecular flexibility index (Phi) is 57.1. The largest absolute Gasteiger partial charge is 0.472 e. The lowest BCUT2D eigenvalue weighted by Crippen LogP contribution is -2.30. The molecule has 0 aromatic carbocycles. The third kappa shape index (κ3) is 59.5. The zero-order valence-electron chi connectivity index (χ0n) is 54.9. The number of hydrogen-bond acceptors (Lipinski definition) is 15. The molecule has 0 saturated heterocycles. The number of phosphoric ester groups is 2. The van der Waals surface area contributed by atoms with Crippen molar-refractivity contribution in [2.24, 2.45) is 11.8 Å². The Labute approximate surface area is 517 Å². The predicted molar refractivity (Wildman–Crippen MR) is 340 cm³/mol. The lowest BCUT2D eigenvalue weighted by molar-refractivity contribution is -0.161. The number of esters is 4. The van der Waals surface area contributed by atoms with Crippen molar-refractivity contribution in [1.29, 1.82) is 0 Å². The van der Waals surface area contributed by atoms with E-state index in [2.05, 4.69) is 41.5 Å². The van der Waals surface area contributed by atoms with Crippen molar-refractivity contribution in [3.63, 3.8) is 0 Å². The molecule has 19 heteroatoms. The monoisotopic (exact) mass is 1250 g/mol. The van der Waals surface area contributed by atoms with Gasteiger partial charge in [-0.2, -0.15) is 0 Å². The van der Waals surface area contributed by atoms with Gasteiger partial charge in [-0.3, -0.25) is 37.3 Å². The van der Waals surface area contributed by atoms with Gasteiger partial charge in [0.15, 0.2) is 12.2 Å². The summed E-state index contributed by atoms with van der Waals surface area (Å²) in [5.74, 6) is -0.637. The first-order valence-electron chi connectivity index (χ1n) is 34.5. The van der Waals surface area contributed by atoms with Crippen LogP contribution in [0.3, 0.4) is 0 Å². The molecule has 0 aliphatic heterocycles. The summed E-state index contributed by atoms with van der Waals surface area (Å²) < 4.78 is 68.0. The molecular weight excluding hydrogens is 1130 g/mol. The van der Waals surface area contributed by atoms with Crippen LogP contribution in [-0.4, -0.2) is 96.7 Å². The molecule has 3 unspecified atom stereocenters. The van der Waals surface area contributed by atoms with E-state index in [9.17, 15) is 43.2 Å². The second-order valence-electron chi connectivity index (χ2n) is 24.6. The molecule has 3 N–H and O–H groups in total.